The Kier molecular flexibility index (Phi) is 45.4. The molecule has 1 amide bonds. The molecule has 1 heterocycles. The highest BCUT2D eigenvalue weighted by Crippen LogP contribution is 2.23. The Morgan fingerprint density at radius 1 is 0.514 bits per heavy atom. The van der Waals surface area contributed by atoms with Crippen molar-refractivity contribution in [3.8, 4) is 0 Å². The highest BCUT2D eigenvalue weighted by molar-refractivity contribution is 8.76. The zero-order valence-corrected chi connectivity index (χ0v) is 47.6. The molecule has 0 unspecified atom stereocenters. The van der Waals surface area contributed by atoms with Crippen molar-refractivity contribution in [2.45, 2.75) is 239 Å². The van der Waals surface area contributed by atoms with Crippen molar-refractivity contribution in [1.29, 1.82) is 0 Å². The standard InChI is InChI=1S/C55H101N5O10S2/c1-6-9-12-15-20-25-31-50(32-26-21-16-13-10-7-2)70-54(64)37-46-71-72-47-45-68-53(63)35-41-60-48-49(56-57-60)36-44-67-52(62)34-40-59(39-30-38-58(4)5)55(65)69-43-29-24-19-18-23-28-42-66-51(61)33-27-22-17-14-11-8-3/h48,50H,6-47H2,1-5H3. The highest BCUT2D eigenvalue weighted by Gasteiger charge is 2.18. The van der Waals surface area contributed by atoms with Crippen LogP contribution in [0, 0.1) is 0 Å². The monoisotopic (exact) mass is 1060 g/mol. The zero-order chi connectivity index (χ0) is 52.5. The van der Waals surface area contributed by atoms with E-state index in [0.717, 1.165) is 90.0 Å². The molecule has 0 fully saturated rings. The molecule has 1 rings (SSSR count). The van der Waals surface area contributed by atoms with Crippen LogP contribution in [0.5, 0.6) is 0 Å². The Bertz CT molecular complexity index is 1470. The lowest BCUT2D eigenvalue weighted by Gasteiger charge is -2.22. The number of nitrogens with zero attached hydrogens (tertiary/aromatic N) is 5. The molecule has 0 aromatic carbocycles. The summed E-state index contributed by atoms with van der Waals surface area (Å²) in [6, 6.07) is 0. The van der Waals surface area contributed by atoms with E-state index >= 15 is 0 Å². The molecular weight excluding hydrogens is 955 g/mol. The van der Waals surface area contributed by atoms with Gasteiger partial charge in [0.05, 0.1) is 51.3 Å². The van der Waals surface area contributed by atoms with Crippen LogP contribution >= 0.6 is 21.6 Å². The van der Waals surface area contributed by atoms with Gasteiger partial charge < -0.3 is 33.5 Å². The summed E-state index contributed by atoms with van der Waals surface area (Å²) in [5.74, 6) is 0.343. The number of ether oxygens (including phenoxy) is 5. The number of aryl methyl sites for hydroxylation is 1. The summed E-state index contributed by atoms with van der Waals surface area (Å²) in [7, 11) is 7.14. The van der Waals surface area contributed by atoms with Crippen LogP contribution in [0.4, 0.5) is 4.79 Å². The van der Waals surface area contributed by atoms with Gasteiger partial charge in [-0.15, -0.1) is 5.10 Å². The van der Waals surface area contributed by atoms with Crippen molar-refractivity contribution in [3.63, 3.8) is 0 Å². The predicted octanol–water partition coefficient (Wildman–Crippen LogP) is 12.9. The molecule has 0 spiro atoms. The molecule has 17 heteroatoms. The number of unbranched alkanes of at least 4 members (excludes halogenated alkanes) is 20. The first kappa shape index (κ1) is 67.0. The number of rotatable bonds is 51. The second-order valence-corrected chi connectivity index (χ2v) is 22.1. The average Bonchev–Trinajstić information content (AvgIpc) is 3.82. The maximum absolute atomic E-state index is 13.0. The van der Waals surface area contributed by atoms with E-state index in [1.54, 1.807) is 37.4 Å². The molecule has 72 heavy (non-hydrogen) atoms. The minimum Gasteiger partial charge on any atom is -0.466 e. The molecular formula is C55H101N5O10S2. The van der Waals surface area contributed by atoms with Gasteiger partial charge in [-0.1, -0.05) is 170 Å². The molecule has 0 aliphatic carbocycles. The molecule has 0 saturated carbocycles. The third-order valence-electron chi connectivity index (χ3n) is 12.4. The fourth-order valence-electron chi connectivity index (χ4n) is 7.99. The minimum absolute atomic E-state index is 0.0264. The molecule has 1 aromatic rings. The van der Waals surface area contributed by atoms with Crippen LogP contribution in [0.25, 0.3) is 0 Å². The van der Waals surface area contributed by atoms with Gasteiger partial charge in [0.1, 0.15) is 12.7 Å². The van der Waals surface area contributed by atoms with Crippen LogP contribution in [0.3, 0.4) is 0 Å². The Morgan fingerprint density at radius 3 is 1.65 bits per heavy atom. The second-order valence-electron chi connectivity index (χ2n) is 19.4. The van der Waals surface area contributed by atoms with Gasteiger partial charge in [-0.25, -0.2) is 4.79 Å². The Morgan fingerprint density at radius 2 is 1.03 bits per heavy atom. The molecule has 0 N–H and O–H groups in total. The molecule has 0 saturated heterocycles. The average molecular weight is 1060 g/mol. The van der Waals surface area contributed by atoms with Crippen LogP contribution in [0.2, 0.25) is 0 Å². The largest absolute Gasteiger partial charge is 0.466 e. The summed E-state index contributed by atoms with van der Waals surface area (Å²) in [5.41, 5.74) is 0.632. The van der Waals surface area contributed by atoms with Crippen LogP contribution < -0.4 is 0 Å². The third-order valence-corrected chi connectivity index (χ3v) is 14.7. The van der Waals surface area contributed by atoms with Gasteiger partial charge in [-0.05, 0) is 72.0 Å². The maximum Gasteiger partial charge on any atom is 0.409 e. The smallest absolute Gasteiger partial charge is 0.409 e. The van der Waals surface area contributed by atoms with E-state index in [0.29, 0.717) is 62.8 Å². The topological polar surface area (TPSA) is 169 Å². The van der Waals surface area contributed by atoms with Crippen LogP contribution in [0.15, 0.2) is 6.20 Å². The van der Waals surface area contributed by atoms with E-state index in [-0.39, 0.29) is 56.6 Å². The number of carbonyl (C=O) groups is 5. The molecule has 0 atom stereocenters. The maximum atomic E-state index is 13.0. The molecule has 15 nitrogen and oxygen atoms in total. The number of carbonyl (C=O) groups excluding carboxylic acids is 5. The van der Waals surface area contributed by atoms with Crippen molar-refractivity contribution in [3.05, 3.63) is 11.9 Å². The highest BCUT2D eigenvalue weighted by atomic mass is 33.1. The van der Waals surface area contributed by atoms with Gasteiger partial charge in [0, 0.05) is 43.6 Å². The molecule has 0 aliphatic heterocycles. The number of hydrogen-bond donors (Lipinski definition) is 0. The number of esters is 4. The first-order valence-corrected chi connectivity index (χ1v) is 30.9. The SMILES string of the molecule is CCCCCCCCC(=O)OCCCCCCCCOC(=O)N(CCCN(C)C)CCC(=O)OCCc1cn(CCC(=O)OCCSSCCC(=O)OC(CCCCCCCC)CCCCCCCC)nn1. The van der Waals surface area contributed by atoms with Crippen molar-refractivity contribution in [1.82, 2.24) is 24.8 Å². The van der Waals surface area contributed by atoms with Crippen LogP contribution in [-0.2, 0) is 55.8 Å². The second kappa shape index (κ2) is 48.9. The van der Waals surface area contributed by atoms with E-state index in [1.165, 1.54) is 89.9 Å². The summed E-state index contributed by atoms with van der Waals surface area (Å²) in [6.07, 6.45) is 32.9. The molecule has 1 aromatic heterocycles. The van der Waals surface area contributed by atoms with Gasteiger partial charge in [-0.3, -0.25) is 23.9 Å². The fraction of sp³-hybridized carbons (Fsp3) is 0.873. The summed E-state index contributed by atoms with van der Waals surface area (Å²) in [4.78, 5) is 66.3. The number of hydrogen-bond acceptors (Lipinski definition) is 15. The molecule has 0 bridgehead atoms. The minimum atomic E-state index is -0.422. The lowest BCUT2D eigenvalue weighted by Crippen LogP contribution is -2.36. The predicted molar refractivity (Wildman–Crippen MR) is 293 cm³/mol. The van der Waals surface area contributed by atoms with E-state index in [2.05, 4.69) is 31.1 Å². The van der Waals surface area contributed by atoms with Crippen LogP contribution in [0.1, 0.15) is 226 Å². The summed E-state index contributed by atoms with van der Waals surface area (Å²) in [5, 5.41) is 8.24. The van der Waals surface area contributed by atoms with Gasteiger partial charge in [0.2, 0.25) is 0 Å². The van der Waals surface area contributed by atoms with Crippen molar-refractivity contribution in [2.24, 2.45) is 0 Å². The molecule has 418 valence electrons. The lowest BCUT2D eigenvalue weighted by atomic mass is 10.0. The normalized spacial score (nSPS) is 11.3. The first-order valence-electron chi connectivity index (χ1n) is 28.4. The van der Waals surface area contributed by atoms with Crippen molar-refractivity contribution >= 4 is 51.6 Å². The first-order chi connectivity index (χ1) is 35.1. The van der Waals surface area contributed by atoms with E-state index in [4.69, 9.17) is 23.7 Å². The molecule has 0 radical (unpaired) electrons. The van der Waals surface area contributed by atoms with Crippen LogP contribution in [-0.4, -0.2) is 133 Å². The summed E-state index contributed by atoms with van der Waals surface area (Å²) >= 11 is 0. The van der Waals surface area contributed by atoms with E-state index in [9.17, 15) is 24.0 Å². The zero-order valence-electron chi connectivity index (χ0n) is 46.0. The number of aromatic nitrogens is 3. The Balaban J connectivity index is 2.23. The van der Waals surface area contributed by atoms with Gasteiger partial charge in [0.15, 0.2) is 0 Å². The van der Waals surface area contributed by atoms with Gasteiger partial charge >= 0.3 is 30.0 Å². The molecule has 0 aliphatic rings. The lowest BCUT2D eigenvalue weighted by molar-refractivity contribution is -0.149. The third kappa shape index (κ3) is 42.3. The van der Waals surface area contributed by atoms with E-state index < -0.39 is 12.1 Å². The van der Waals surface area contributed by atoms with E-state index in [1.807, 2.05) is 19.0 Å². The quantitative estimate of drug-likeness (QED) is 0.0261. The van der Waals surface area contributed by atoms with Crippen molar-refractivity contribution in [2.75, 3.05) is 71.7 Å². The fourth-order valence-corrected chi connectivity index (χ4v) is 9.79. The van der Waals surface area contributed by atoms with Crippen molar-refractivity contribution < 1.29 is 47.7 Å². The summed E-state index contributed by atoms with van der Waals surface area (Å²) in [6.45, 7) is 9.67. The van der Waals surface area contributed by atoms with Gasteiger partial charge in [0.25, 0.3) is 0 Å². The summed E-state index contributed by atoms with van der Waals surface area (Å²) < 4.78 is 29.3. The van der Waals surface area contributed by atoms with Gasteiger partial charge in [-0.2, -0.15) is 0 Å². The Hall–Kier alpha value is -3.05. The number of amides is 1. The Labute approximate surface area is 444 Å².